The highest BCUT2D eigenvalue weighted by molar-refractivity contribution is 5.97. The zero-order valence-electron chi connectivity index (χ0n) is 12.7. The molecule has 0 bridgehead atoms. The van der Waals surface area contributed by atoms with Gasteiger partial charge in [0.15, 0.2) is 0 Å². The zero-order chi connectivity index (χ0) is 15.5. The van der Waals surface area contributed by atoms with Crippen LogP contribution in [-0.2, 0) is 16.0 Å². The molecule has 5 nitrogen and oxygen atoms in total. The Morgan fingerprint density at radius 2 is 2.09 bits per heavy atom. The van der Waals surface area contributed by atoms with E-state index >= 15 is 0 Å². The molecule has 0 aromatic heterocycles. The van der Waals surface area contributed by atoms with Gasteiger partial charge in [-0.15, -0.1) is 0 Å². The summed E-state index contributed by atoms with van der Waals surface area (Å²) in [6.45, 7) is 1.16. The maximum atomic E-state index is 12.4. The van der Waals surface area contributed by atoms with Crippen LogP contribution in [-0.4, -0.2) is 47.6 Å². The predicted octanol–water partition coefficient (Wildman–Crippen LogP) is 1.34. The summed E-state index contributed by atoms with van der Waals surface area (Å²) in [5.74, 6) is 0.124. The number of anilines is 1. The van der Waals surface area contributed by atoms with Gasteiger partial charge in [0.1, 0.15) is 0 Å². The zero-order valence-corrected chi connectivity index (χ0v) is 12.7. The molecule has 0 spiro atoms. The summed E-state index contributed by atoms with van der Waals surface area (Å²) in [5.41, 5.74) is 2.11. The van der Waals surface area contributed by atoms with Crippen LogP contribution >= 0.6 is 0 Å². The van der Waals surface area contributed by atoms with E-state index in [0.717, 1.165) is 24.9 Å². The fourth-order valence-electron chi connectivity index (χ4n) is 3.45. The van der Waals surface area contributed by atoms with Gasteiger partial charge in [-0.3, -0.25) is 9.59 Å². The number of amides is 2. The number of aliphatic hydroxyl groups is 1. The lowest BCUT2D eigenvalue weighted by atomic mass is 10.0. The van der Waals surface area contributed by atoms with E-state index in [1.165, 1.54) is 5.56 Å². The molecule has 1 N–H and O–H groups in total. The van der Waals surface area contributed by atoms with E-state index in [1.807, 2.05) is 24.3 Å². The van der Waals surface area contributed by atoms with Gasteiger partial charge in [-0.25, -0.2) is 0 Å². The fraction of sp³-hybridized carbons (Fsp3) is 0.529. The summed E-state index contributed by atoms with van der Waals surface area (Å²) in [6.07, 6.45) is 3.42. The van der Waals surface area contributed by atoms with Gasteiger partial charge in [-0.2, -0.15) is 0 Å². The molecule has 2 aliphatic heterocycles. The fourth-order valence-corrected chi connectivity index (χ4v) is 3.45. The number of fused-ring (bicyclic) bond motifs is 1. The molecule has 1 aromatic rings. The average molecular weight is 302 g/mol. The van der Waals surface area contributed by atoms with Crippen LogP contribution in [0.2, 0.25) is 0 Å². The molecule has 22 heavy (non-hydrogen) atoms. The van der Waals surface area contributed by atoms with Crippen LogP contribution in [0.3, 0.4) is 0 Å². The van der Waals surface area contributed by atoms with Gasteiger partial charge >= 0.3 is 0 Å². The van der Waals surface area contributed by atoms with Gasteiger partial charge in [0.25, 0.3) is 0 Å². The Balaban J connectivity index is 1.66. The van der Waals surface area contributed by atoms with Crippen molar-refractivity contribution in [2.45, 2.75) is 38.1 Å². The lowest BCUT2D eigenvalue weighted by molar-refractivity contribution is -0.132. The van der Waals surface area contributed by atoms with Crippen LogP contribution in [0.1, 0.15) is 31.2 Å². The predicted molar refractivity (Wildman–Crippen MR) is 83.6 cm³/mol. The van der Waals surface area contributed by atoms with Crippen molar-refractivity contribution in [2.24, 2.45) is 0 Å². The summed E-state index contributed by atoms with van der Waals surface area (Å²) < 4.78 is 0. The summed E-state index contributed by atoms with van der Waals surface area (Å²) in [5, 5.41) is 9.32. The molecule has 1 saturated heterocycles. The number of carbonyl (C=O) groups excluding carboxylic acids is 2. The third kappa shape index (κ3) is 2.86. The highest BCUT2D eigenvalue weighted by atomic mass is 16.3. The highest BCUT2D eigenvalue weighted by Crippen LogP contribution is 2.28. The Bertz CT molecular complexity index is 573. The molecule has 2 heterocycles. The van der Waals surface area contributed by atoms with Crippen molar-refractivity contribution in [3.63, 3.8) is 0 Å². The van der Waals surface area contributed by atoms with E-state index in [1.54, 1.807) is 9.80 Å². The summed E-state index contributed by atoms with van der Waals surface area (Å²) in [4.78, 5) is 28.0. The van der Waals surface area contributed by atoms with Gasteiger partial charge in [-0.1, -0.05) is 18.2 Å². The second-order valence-corrected chi connectivity index (χ2v) is 5.99. The Hall–Kier alpha value is -1.88. The minimum atomic E-state index is -0.0446. The molecule has 1 unspecified atom stereocenters. The first-order valence-electron chi connectivity index (χ1n) is 7.99. The number of aryl methyl sites for hydroxylation is 1. The monoisotopic (exact) mass is 302 g/mol. The van der Waals surface area contributed by atoms with E-state index in [0.29, 0.717) is 25.9 Å². The van der Waals surface area contributed by atoms with E-state index in [2.05, 4.69) is 0 Å². The van der Waals surface area contributed by atoms with Gasteiger partial charge in [0.05, 0.1) is 12.6 Å². The summed E-state index contributed by atoms with van der Waals surface area (Å²) in [6, 6.07) is 7.85. The first-order chi connectivity index (χ1) is 10.7. The standard InChI is InChI=1S/C17H22N2O3/c20-12-14-5-3-10-18(14)17(22)9-11-19-15-6-2-1-4-13(15)7-8-16(19)21/h1-2,4,6,14,20H,3,5,7-12H2. The number of hydrogen-bond donors (Lipinski definition) is 1. The van der Waals surface area contributed by atoms with Crippen LogP contribution < -0.4 is 4.90 Å². The van der Waals surface area contributed by atoms with Gasteiger partial charge < -0.3 is 14.9 Å². The molecule has 0 saturated carbocycles. The largest absolute Gasteiger partial charge is 0.394 e. The number of rotatable bonds is 4. The first-order valence-corrected chi connectivity index (χ1v) is 7.99. The first kappa shape index (κ1) is 15.0. The second-order valence-electron chi connectivity index (χ2n) is 5.99. The molecule has 1 fully saturated rings. The molecule has 2 amide bonds. The van der Waals surface area contributed by atoms with Crippen molar-refractivity contribution in [3.05, 3.63) is 29.8 Å². The maximum Gasteiger partial charge on any atom is 0.227 e. The Morgan fingerprint density at radius 1 is 1.27 bits per heavy atom. The molecule has 118 valence electrons. The van der Waals surface area contributed by atoms with Crippen molar-refractivity contribution in [1.29, 1.82) is 0 Å². The molecule has 1 aromatic carbocycles. The third-order valence-electron chi connectivity index (χ3n) is 4.65. The normalized spacial score (nSPS) is 21.1. The minimum Gasteiger partial charge on any atom is -0.394 e. The van der Waals surface area contributed by atoms with E-state index < -0.39 is 0 Å². The van der Waals surface area contributed by atoms with Crippen molar-refractivity contribution in [2.75, 3.05) is 24.6 Å². The molecular weight excluding hydrogens is 280 g/mol. The SMILES string of the molecule is O=C1CCc2ccccc2N1CCC(=O)N1CCCC1CO. The van der Waals surface area contributed by atoms with Crippen molar-refractivity contribution < 1.29 is 14.7 Å². The van der Waals surface area contributed by atoms with Crippen LogP contribution in [0.4, 0.5) is 5.69 Å². The van der Waals surface area contributed by atoms with Crippen molar-refractivity contribution >= 4 is 17.5 Å². The topological polar surface area (TPSA) is 60.9 Å². The average Bonchev–Trinajstić information content (AvgIpc) is 3.02. The molecular formula is C17H22N2O3. The summed E-state index contributed by atoms with van der Waals surface area (Å²) >= 11 is 0. The number of benzene rings is 1. The molecule has 3 rings (SSSR count). The maximum absolute atomic E-state index is 12.4. The third-order valence-corrected chi connectivity index (χ3v) is 4.65. The van der Waals surface area contributed by atoms with Crippen LogP contribution in [0.25, 0.3) is 0 Å². The molecule has 1 atom stereocenters. The van der Waals surface area contributed by atoms with E-state index in [4.69, 9.17) is 0 Å². The number of hydrogen-bond acceptors (Lipinski definition) is 3. The van der Waals surface area contributed by atoms with Gasteiger partial charge in [0.2, 0.25) is 11.8 Å². The smallest absolute Gasteiger partial charge is 0.227 e. The minimum absolute atomic E-state index is 0.0250. The Kier molecular flexibility index (Phi) is 4.43. The second kappa shape index (κ2) is 6.48. The van der Waals surface area contributed by atoms with Crippen LogP contribution in [0.15, 0.2) is 24.3 Å². The molecule has 5 heteroatoms. The van der Waals surface area contributed by atoms with Crippen molar-refractivity contribution in [1.82, 2.24) is 4.90 Å². The lowest BCUT2D eigenvalue weighted by Gasteiger charge is -2.30. The van der Waals surface area contributed by atoms with Crippen LogP contribution in [0, 0.1) is 0 Å². The lowest BCUT2D eigenvalue weighted by Crippen LogP contribution is -2.41. The number of carbonyl (C=O) groups is 2. The van der Waals surface area contributed by atoms with E-state index in [9.17, 15) is 14.7 Å². The number of aliphatic hydroxyl groups excluding tert-OH is 1. The molecule has 0 radical (unpaired) electrons. The highest BCUT2D eigenvalue weighted by Gasteiger charge is 2.29. The van der Waals surface area contributed by atoms with Crippen LogP contribution in [0.5, 0.6) is 0 Å². The molecule has 2 aliphatic rings. The Labute approximate surface area is 130 Å². The van der Waals surface area contributed by atoms with E-state index in [-0.39, 0.29) is 24.5 Å². The number of likely N-dealkylation sites (tertiary alicyclic amines) is 1. The van der Waals surface area contributed by atoms with Gasteiger partial charge in [0, 0.05) is 31.6 Å². The Morgan fingerprint density at radius 3 is 2.91 bits per heavy atom. The molecule has 0 aliphatic carbocycles. The number of para-hydroxylation sites is 1. The van der Waals surface area contributed by atoms with Crippen molar-refractivity contribution in [3.8, 4) is 0 Å². The quantitative estimate of drug-likeness (QED) is 0.913. The summed E-state index contributed by atoms with van der Waals surface area (Å²) in [7, 11) is 0. The number of nitrogens with zero attached hydrogens (tertiary/aromatic N) is 2. The van der Waals surface area contributed by atoms with Gasteiger partial charge in [-0.05, 0) is 30.9 Å².